The molecule has 2 aromatic carbocycles. The molecule has 1 aliphatic heterocycles. The van der Waals surface area contributed by atoms with E-state index >= 15 is 0 Å². The molecule has 0 unspecified atom stereocenters. The number of rotatable bonds is 6. The van der Waals surface area contributed by atoms with E-state index in [0.29, 0.717) is 17.9 Å². The maximum Gasteiger partial charge on any atom is 0.254 e. The van der Waals surface area contributed by atoms with Crippen LogP contribution in [-0.4, -0.2) is 61.4 Å². The van der Waals surface area contributed by atoms with E-state index in [1.165, 1.54) is 6.08 Å². The molecule has 1 fully saturated rings. The van der Waals surface area contributed by atoms with Crippen molar-refractivity contribution >= 4 is 23.6 Å². The predicted molar refractivity (Wildman–Crippen MR) is 115 cm³/mol. The van der Waals surface area contributed by atoms with E-state index in [2.05, 4.69) is 17.3 Å². The Kier molecular flexibility index (Phi) is 7.03. The number of hydrogen-bond donors (Lipinski definition) is 1. The summed E-state index contributed by atoms with van der Waals surface area (Å²) in [6.07, 6.45) is 3.22. The number of nitrogens with one attached hydrogen (secondary N) is 1. The van der Waals surface area contributed by atoms with Gasteiger partial charge in [0.1, 0.15) is 5.75 Å². The van der Waals surface area contributed by atoms with Crippen LogP contribution in [0.4, 0.5) is 5.69 Å². The quantitative estimate of drug-likeness (QED) is 0.766. The molecule has 0 radical (unpaired) electrons. The van der Waals surface area contributed by atoms with Gasteiger partial charge in [0.05, 0.1) is 6.61 Å². The molecular weight excluding hydrogens is 366 g/mol. The van der Waals surface area contributed by atoms with E-state index in [1.54, 1.807) is 30.3 Å². The van der Waals surface area contributed by atoms with Crippen LogP contribution in [0.5, 0.6) is 5.75 Å². The average Bonchev–Trinajstić information content (AvgIpc) is 2.74. The molecule has 0 atom stereocenters. The van der Waals surface area contributed by atoms with Gasteiger partial charge < -0.3 is 19.9 Å². The van der Waals surface area contributed by atoms with Crippen LogP contribution in [0, 0.1) is 0 Å². The fourth-order valence-corrected chi connectivity index (χ4v) is 3.12. The predicted octanol–water partition coefficient (Wildman–Crippen LogP) is 3.12. The smallest absolute Gasteiger partial charge is 0.254 e. The fourth-order valence-electron chi connectivity index (χ4n) is 3.12. The summed E-state index contributed by atoms with van der Waals surface area (Å²) < 4.78 is 5.41. The lowest BCUT2D eigenvalue weighted by molar-refractivity contribution is -0.111. The monoisotopic (exact) mass is 393 g/mol. The molecule has 0 bridgehead atoms. The van der Waals surface area contributed by atoms with Crippen molar-refractivity contribution in [1.82, 2.24) is 9.80 Å². The van der Waals surface area contributed by atoms with Crippen LogP contribution in [0.2, 0.25) is 0 Å². The molecule has 6 heteroatoms. The average molecular weight is 393 g/mol. The van der Waals surface area contributed by atoms with E-state index in [-0.39, 0.29) is 11.8 Å². The molecule has 3 rings (SSSR count). The molecule has 2 aromatic rings. The Morgan fingerprint density at radius 2 is 1.79 bits per heavy atom. The molecule has 0 aromatic heterocycles. The van der Waals surface area contributed by atoms with Gasteiger partial charge in [-0.15, -0.1) is 0 Å². The number of benzene rings is 2. The molecule has 0 aliphatic carbocycles. The highest BCUT2D eigenvalue weighted by Crippen LogP contribution is 2.15. The van der Waals surface area contributed by atoms with Crippen molar-refractivity contribution in [2.24, 2.45) is 0 Å². The number of amides is 2. The van der Waals surface area contributed by atoms with Crippen LogP contribution >= 0.6 is 0 Å². The zero-order valence-electron chi connectivity index (χ0n) is 16.9. The molecule has 6 nitrogen and oxygen atoms in total. The Morgan fingerprint density at radius 1 is 1.07 bits per heavy atom. The number of hydrogen-bond acceptors (Lipinski definition) is 4. The molecule has 1 saturated heterocycles. The third-order valence-electron chi connectivity index (χ3n) is 4.79. The molecule has 29 heavy (non-hydrogen) atoms. The van der Waals surface area contributed by atoms with E-state index < -0.39 is 0 Å². The third-order valence-corrected chi connectivity index (χ3v) is 4.79. The van der Waals surface area contributed by atoms with Crippen molar-refractivity contribution in [3.63, 3.8) is 0 Å². The van der Waals surface area contributed by atoms with E-state index in [0.717, 1.165) is 37.5 Å². The van der Waals surface area contributed by atoms with Crippen LogP contribution in [0.1, 0.15) is 22.8 Å². The Balaban J connectivity index is 1.59. The first-order valence-electron chi connectivity index (χ1n) is 9.85. The summed E-state index contributed by atoms with van der Waals surface area (Å²) in [5.41, 5.74) is 2.09. The van der Waals surface area contributed by atoms with Crippen molar-refractivity contribution in [3.05, 3.63) is 65.7 Å². The number of likely N-dealkylation sites (N-methyl/N-ethyl adjacent to an activating group) is 1. The van der Waals surface area contributed by atoms with Gasteiger partial charge in [0.15, 0.2) is 0 Å². The summed E-state index contributed by atoms with van der Waals surface area (Å²) >= 11 is 0. The van der Waals surface area contributed by atoms with Gasteiger partial charge in [-0.3, -0.25) is 9.59 Å². The van der Waals surface area contributed by atoms with Gasteiger partial charge in [-0.2, -0.15) is 0 Å². The standard InChI is InChI=1S/C23H27N3O3/c1-3-29-21-10-7-18(8-11-21)9-12-22(27)24-20-6-4-5-19(17-20)23(28)26-15-13-25(2)14-16-26/h4-12,17H,3,13-16H2,1-2H3,(H,24,27)/b12-9+. The van der Waals surface area contributed by atoms with Gasteiger partial charge in [-0.05, 0) is 55.9 Å². The first-order valence-corrected chi connectivity index (χ1v) is 9.85. The molecule has 152 valence electrons. The van der Waals surface area contributed by atoms with Crippen LogP contribution in [0.15, 0.2) is 54.6 Å². The zero-order valence-corrected chi connectivity index (χ0v) is 16.9. The summed E-state index contributed by atoms with van der Waals surface area (Å²) in [5, 5.41) is 2.82. The first kappa shape index (κ1) is 20.6. The Bertz CT molecular complexity index is 869. The second-order valence-corrected chi connectivity index (χ2v) is 7.00. The second-order valence-electron chi connectivity index (χ2n) is 7.00. The van der Waals surface area contributed by atoms with Gasteiger partial charge in [0, 0.05) is 43.5 Å². The van der Waals surface area contributed by atoms with Crippen LogP contribution < -0.4 is 10.1 Å². The van der Waals surface area contributed by atoms with Crippen molar-refractivity contribution < 1.29 is 14.3 Å². The Hall–Kier alpha value is -3.12. The van der Waals surface area contributed by atoms with Gasteiger partial charge in [0.25, 0.3) is 5.91 Å². The Labute approximate surface area is 171 Å². The van der Waals surface area contributed by atoms with E-state index in [9.17, 15) is 9.59 Å². The lowest BCUT2D eigenvalue weighted by Crippen LogP contribution is -2.47. The molecule has 1 aliphatic rings. The number of nitrogens with zero attached hydrogens (tertiary/aromatic N) is 2. The van der Waals surface area contributed by atoms with Gasteiger partial charge in [-0.25, -0.2) is 0 Å². The number of carbonyl (C=O) groups excluding carboxylic acids is 2. The molecule has 2 amide bonds. The van der Waals surface area contributed by atoms with Gasteiger partial charge in [0.2, 0.25) is 5.91 Å². The summed E-state index contributed by atoms with van der Waals surface area (Å²) in [6, 6.07) is 14.6. The summed E-state index contributed by atoms with van der Waals surface area (Å²) in [5.74, 6) is 0.554. The number of carbonyl (C=O) groups is 2. The number of piperazine rings is 1. The van der Waals surface area contributed by atoms with E-state index in [1.807, 2.05) is 36.1 Å². The number of anilines is 1. The minimum atomic E-state index is -0.247. The summed E-state index contributed by atoms with van der Waals surface area (Å²) in [7, 11) is 2.05. The van der Waals surface area contributed by atoms with Crippen LogP contribution in [0.3, 0.4) is 0 Å². The highest BCUT2D eigenvalue weighted by molar-refractivity contribution is 6.03. The molecule has 0 saturated carbocycles. The van der Waals surface area contributed by atoms with E-state index in [4.69, 9.17) is 4.74 Å². The Morgan fingerprint density at radius 3 is 2.48 bits per heavy atom. The minimum absolute atomic E-state index is 0.000806. The lowest BCUT2D eigenvalue weighted by Gasteiger charge is -2.32. The van der Waals surface area contributed by atoms with Crippen molar-refractivity contribution in [2.75, 3.05) is 45.2 Å². The topological polar surface area (TPSA) is 61.9 Å². The van der Waals surface area contributed by atoms with Crippen LogP contribution in [-0.2, 0) is 4.79 Å². The van der Waals surface area contributed by atoms with Gasteiger partial charge >= 0.3 is 0 Å². The SMILES string of the molecule is CCOc1ccc(/C=C/C(=O)Nc2cccc(C(=O)N3CCN(C)CC3)c2)cc1. The largest absolute Gasteiger partial charge is 0.494 e. The lowest BCUT2D eigenvalue weighted by atomic mass is 10.1. The van der Waals surface area contributed by atoms with Crippen LogP contribution in [0.25, 0.3) is 6.08 Å². The third kappa shape index (κ3) is 5.93. The summed E-state index contributed by atoms with van der Waals surface area (Å²) in [4.78, 5) is 29.0. The highest BCUT2D eigenvalue weighted by atomic mass is 16.5. The fraction of sp³-hybridized carbons (Fsp3) is 0.304. The van der Waals surface area contributed by atoms with Crippen molar-refractivity contribution in [3.8, 4) is 5.75 Å². The van der Waals surface area contributed by atoms with Crippen molar-refractivity contribution in [1.29, 1.82) is 0 Å². The zero-order chi connectivity index (χ0) is 20.6. The minimum Gasteiger partial charge on any atom is -0.494 e. The normalized spacial score (nSPS) is 14.8. The molecule has 1 heterocycles. The number of ether oxygens (including phenoxy) is 1. The van der Waals surface area contributed by atoms with Crippen molar-refractivity contribution in [2.45, 2.75) is 6.92 Å². The van der Waals surface area contributed by atoms with Gasteiger partial charge in [-0.1, -0.05) is 18.2 Å². The highest BCUT2D eigenvalue weighted by Gasteiger charge is 2.20. The maximum atomic E-state index is 12.7. The maximum absolute atomic E-state index is 12.7. The second kappa shape index (κ2) is 9.89. The molecular formula is C23H27N3O3. The summed E-state index contributed by atoms with van der Waals surface area (Å²) in [6.45, 7) is 5.74. The first-order chi connectivity index (χ1) is 14.0. The molecule has 0 spiro atoms. The molecule has 1 N–H and O–H groups in total.